The molecule has 2 amide bonds. The van der Waals surface area contributed by atoms with Gasteiger partial charge in [-0.3, -0.25) is 9.59 Å². The SMILES string of the molecule is C/C(CC(=O)Nc1ccc(N(C)C)cc1)=N\NC(=O)Cc1ccc(-c2ccccc2)cc1. The van der Waals surface area contributed by atoms with Gasteiger partial charge in [0.05, 0.1) is 12.8 Å². The van der Waals surface area contributed by atoms with Crippen molar-refractivity contribution in [1.82, 2.24) is 5.43 Å². The molecule has 0 saturated heterocycles. The highest BCUT2D eigenvalue weighted by atomic mass is 16.2. The molecule has 0 spiro atoms. The molecule has 0 saturated carbocycles. The summed E-state index contributed by atoms with van der Waals surface area (Å²) >= 11 is 0. The first-order chi connectivity index (χ1) is 15.4. The highest BCUT2D eigenvalue weighted by Gasteiger charge is 2.07. The zero-order valence-electron chi connectivity index (χ0n) is 18.6. The molecule has 0 fully saturated rings. The Balaban J connectivity index is 1.46. The zero-order chi connectivity index (χ0) is 22.9. The van der Waals surface area contributed by atoms with E-state index in [0.29, 0.717) is 5.71 Å². The number of nitrogens with zero attached hydrogens (tertiary/aromatic N) is 2. The Bertz CT molecular complexity index is 1070. The van der Waals surface area contributed by atoms with Crippen LogP contribution in [0.15, 0.2) is 84.0 Å². The molecule has 2 N–H and O–H groups in total. The molecule has 0 aliphatic rings. The molecule has 0 atom stereocenters. The van der Waals surface area contributed by atoms with Gasteiger partial charge in [-0.15, -0.1) is 0 Å². The van der Waals surface area contributed by atoms with Crippen LogP contribution in [0.4, 0.5) is 11.4 Å². The largest absolute Gasteiger partial charge is 0.378 e. The van der Waals surface area contributed by atoms with E-state index in [1.807, 2.05) is 97.9 Å². The fourth-order valence-electron chi connectivity index (χ4n) is 3.15. The number of hydrazone groups is 1. The number of rotatable bonds is 8. The summed E-state index contributed by atoms with van der Waals surface area (Å²) in [6.07, 6.45) is 0.317. The molecule has 3 aromatic rings. The van der Waals surface area contributed by atoms with Gasteiger partial charge in [-0.2, -0.15) is 5.10 Å². The van der Waals surface area contributed by atoms with E-state index in [0.717, 1.165) is 28.1 Å². The highest BCUT2D eigenvalue weighted by Crippen LogP contribution is 2.19. The van der Waals surface area contributed by atoms with Gasteiger partial charge in [0.15, 0.2) is 0 Å². The molecule has 6 heteroatoms. The Hall–Kier alpha value is -3.93. The van der Waals surface area contributed by atoms with Gasteiger partial charge in [0.25, 0.3) is 0 Å². The van der Waals surface area contributed by atoms with Crippen molar-refractivity contribution in [3.63, 3.8) is 0 Å². The summed E-state index contributed by atoms with van der Waals surface area (Å²) in [5.74, 6) is -0.411. The Morgan fingerprint density at radius 2 is 1.44 bits per heavy atom. The number of benzene rings is 3. The number of amides is 2. The second kappa shape index (κ2) is 10.9. The molecule has 0 aromatic heterocycles. The first kappa shape index (κ1) is 22.7. The lowest BCUT2D eigenvalue weighted by Crippen LogP contribution is -2.22. The van der Waals surface area contributed by atoms with Crippen LogP contribution in [0.3, 0.4) is 0 Å². The minimum Gasteiger partial charge on any atom is -0.378 e. The normalized spacial score (nSPS) is 11.0. The first-order valence-corrected chi connectivity index (χ1v) is 10.4. The third-order valence-corrected chi connectivity index (χ3v) is 4.88. The van der Waals surface area contributed by atoms with E-state index in [9.17, 15) is 9.59 Å². The molecule has 0 bridgehead atoms. The number of hydrogen-bond donors (Lipinski definition) is 2. The zero-order valence-corrected chi connectivity index (χ0v) is 18.6. The van der Waals surface area contributed by atoms with Gasteiger partial charge in [-0.25, -0.2) is 5.43 Å². The molecule has 0 unspecified atom stereocenters. The van der Waals surface area contributed by atoms with E-state index in [-0.39, 0.29) is 24.7 Å². The van der Waals surface area contributed by atoms with Crippen molar-refractivity contribution in [3.05, 3.63) is 84.4 Å². The van der Waals surface area contributed by atoms with E-state index < -0.39 is 0 Å². The van der Waals surface area contributed by atoms with Gasteiger partial charge >= 0.3 is 0 Å². The van der Waals surface area contributed by atoms with E-state index in [2.05, 4.69) is 15.8 Å². The van der Waals surface area contributed by atoms with Gasteiger partial charge < -0.3 is 10.2 Å². The van der Waals surface area contributed by atoms with E-state index in [1.165, 1.54) is 0 Å². The maximum Gasteiger partial charge on any atom is 0.244 e. The Morgan fingerprint density at radius 1 is 0.812 bits per heavy atom. The van der Waals surface area contributed by atoms with Crippen LogP contribution >= 0.6 is 0 Å². The number of carbonyl (C=O) groups is 2. The topological polar surface area (TPSA) is 73.8 Å². The Labute approximate surface area is 189 Å². The first-order valence-electron chi connectivity index (χ1n) is 10.4. The Kier molecular flexibility index (Phi) is 7.75. The predicted octanol–water partition coefficient (Wildman–Crippen LogP) is 4.48. The second-order valence-electron chi connectivity index (χ2n) is 7.79. The molecule has 0 aliphatic carbocycles. The van der Waals surface area contributed by atoms with Gasteiger partial charge in [-0.05, 0) is 47.9 Å². The molecule has 0 aliphatic heterocycles. The molecule has 0 heterocycles. The smallest absolute Gasteiger partial charge is 0.244 e. The summed E-state index contributed by atoms with van der Waals surface area (Å²) in [5, 5.41) is 6.89. The van der Waals surface area contributed by atoms with E-state index >= 15 is 0 Å². The fourth-order valence-corrected chi connectivity index (χ4v) is 3.15. The third kappa shape index (κ3) is 6.80. The number of anilines is 2. The van der Waals surface area contributed by atoms with Crippen molar-refractivity contribution in [2.75, 3.05) is 24.3 Å². The number of hydrogen-bond acceptors (Lipinski definition) is 4. The average Bonchev–Trinajstić information content (AvgIpc) is 2.79. The summed E-state index contributed by atoms with van der Waals surface area (Å²) in [4.78, 5) is 26.4. The summed E-state index contributed by atoms with van der Waals surface area (Å²) in [6, 6.07) is 25.5. The molecule has 164 valence electrons. The van der Waals surface area contributed by atoms with E-state index in [1.54, 1.807) is 6.92 Å². The van der Waals surface area contributed by atoms with Crippen molar-refractivity contribution in [2.45, 2.75) is 19.8 Å². The Morgan fingerprint density at radius 3 is 2.06 bits per heavy atom. The van der Waals surface area contributed by atoms with Crippen molar-refractivity contribution in [3.8, 4) is 11.1 Å². The van der Waals surface area contributed by atoms with Crippen LogP contribution in [0.25, 0.3) is 11.1 Å². The quantitative estimate of drug-likeness (QED) is 0.410. The monoisotopic (exact) mass is 428 g/mol. The van der Waals surface area contributed by atoms with Crippen molar-refractivity contribution >= 4 is 28.9 Å². The standard InChI is InChI=1S/C26H28N4O2/c1-19(17-25(31)27-23-13-15-24(16-14-23)30(2)3)28-29-26(32)18-20-9-11-22(12-10-20)21-7-5-4-6-8-21/h4-16H,17-18H2,1-3H3,(H,27,31)(H,29,32)/b28-19+. The van der Waals surface area contributed by atoms with Gasteiger partial charge in [0.1, 0.15) is 0 Å². The summed E-state index contributed by atoms with van der Waals surface area (Å²) in [7, 11) is 3.92. The maximum absolute atomic E-state index is 12.2. The molecule has 32 heavy (non-hydrogen) atoms. The van der Waals surface area contributed by atoms with Crippen molar-refractivity contribution < 1.29 is 9.59 Å². The van der Waals surface area contributed by atoms with Crippen LogP contribution in [0.1, 0.15) is 18.9 Å². The fraction of sp³-hybridized carbons (Fsp3) is 0.192. The van der Waals surface area contributed by atoms with Crippen molar-refractivity contribution in [2.24, 2.45) is 5.10 Å². The molecule has 6 nitrogen and oxygen atoms in total. The summed E-state index contributed by atoms with van der Waals surface area (Å²) in [6.45, 7) is 1.71. The lowest BCUT2D eigenvalue weighted by molar-refractivity contribution is -0.120. The van der Waals surface area contributed by atoms with Crippen LogP contribution in [-0.4, -0.2) is 31.6 Å². The van der Waals surface area contributed by atoms with Crippen LogP contribution in [0.2, 0.25) is 0 Å². The van der Waals surface area contributed by atoms with Crippen LogP contribution in [-0.2, 0) is 16.0 Å². The molecule has 3 rings (SSSR count). The molecular weight excluding hydrogens is 400 g/mol. The summed E-state index contributed by atoms with van der Waals surface area (Å²) < 4.78 is 0. The molecular formula is C26H28N4O2. The minimum absolute atomic E-state index is 0.0987. The van der Waals surface area contributed by atoms with E-state index in [4.69, 9.17) is 0 Å². The summed E-state index contributed by atoms with van der Waals surface area (Å²) in [5.41, 5.74) is 7.97. The predicted molar refractivity (Wildman–Crippen MR) is 131 cm³/mol. The van der Waals surface area contributed by atoms with Gasteiger partial charge in [0.2, 0.25) is 11.8 Å². The van der Waals surface area contributed by atoms with Crippen LogP contribution in [0.5, 0.6) is 0 Å². The van der Waals surface area contributed by atoms with Crippen molar-refractivity contribution in [1.29, 1.82) is 0 Å². The average molecular weight is 429 g/mol. The molecule has 3 aromatic carbocycles. The lowest BCUT2D eigenvalue weighted by atomic mass is 10.0. The van der Waals surface area contributed by atoms with Crippen LogP contribution < -0.4 is 15.6 Å². The molecule has 0 radical (unpaired) electrons. The third-order valence-electron chi connectivity index (χ3n) is 4.88. The maximum atomic E-state index is 12.2. The number of nitrogens with one attached hydrogen (secondary N) is 2. The lowest BCUT2D eigenvalue weighted by Gasteiger charge is -2.13. The second-order valence-corrected chi connectivity index (χ2v) is 7.79. The number of carbonyl (C=O) groups excluding carboxylic acids is 2. The van der Waals surface area contributed by atoms with Gasteiger partial charge in [0, 0.05) is 31.2 Å². The van der Waals surface area contributed by atoms with Gasteiger partial charge in [-0.1, -0.05) is 54.6 Å². The van der Waals surface area contributed by atoms with Crippen LogP contribution in [0, 0.1) is 0 Å². The highest BCUT2D eigenvalue weighted by molar-refractivity contribution is 6.05. The minimum atomic E-state index is -0.225.